The van der Waals surface area contributed by atoms with E-state index in [1.807, 2.05) is 0 Å². The average molecular weight is 527 g/mol. The van der Waals surface area contributed by atoms with Crippen molar-refractivity contribution in [3.05, 3.63) is 40.7 Å². The summed E-state index contributed by atoms with van der Waals surface area (Å²) in [5, 5.41) is 7.44. The third kappa shape index (κ3) is 11.3. The predicted molar refractivity (Wildman–Crippen MR) is 132 cm³/mol. The zero-order valence-electron chi connectivity index (χ0n) is 19.9. The van der Waals surface area contributed by atoms with E-state index in [1.54, 1.807) is 0 Å². The van der Waals surface area contributed by atoms with Gasteiger partial charge in [0.2, 0.25) is 29.5 Å². The number of hydrogen-bond donors (Lipinski definition) is 6. The number of carbonyl (C=O) groups excluding carboxylic acids is 5. The minimum absolute atomic E-state index is 0.122. The molecule has 0 spiro atoms. The van der Waals surface area contributed by atoms with Crippen molar-refractivity contribution in [2.24, 2.45) is 17.2 Å². The monoisotopic (exact) mass is 526 g/mol. The van der Waals surface area contributed by atoms with E-state index < -0.39 is 53.5 Å². The van der Waals surface area contributed by atoms with E-state index in [2.05, 4.69) is 16.0 Å². The average Bonchev–Trinajstić information content (AvgIpc) is 2.80. The normalized spacial score (nSPS) is 13.4. The van der Waals surface area contributed by atoms with Crippen LogP contribution in [0, 0.1) is 5.82 Å². The lowest BCUT2D eigenvalue weighted by molar-refractivity contribution is -0.131. The fraction of sp³-hybridized carbons (Fsp3) is 0.435. The summed E-state index contributed by atoms with van der Waals surface area (Å²) in [5.41, 5.74) is 16.2. The Morgan fingerprint density at radius 3 is 2.22 bits per heavy atom. The molecule has 1 aromatic carbocycles. The van der Waals surface area contributed by atoms with Crippen LogP contribution in [0.4, 0.5) is 4.39 Å². The van der Waals surface area contributed by atoms with E-state index in [9.17, 15) is 28.4 Å². The molecule has 0 fully saturated rings. The zero-order chi connectivity index (χ0) is 27.3. The van der Waals surface area contributed by atoms with Gasteiger partial charge in [-0.15, -0.1) is 0 Å². The molecule has 11 nitrogen and oxygen atoms in total. The Balaban J connectivity index is 2.60. The van der Waals surface area contributed by atoms with Crippen molar-refractivity contribution in [1.29, 1.82) is 0 Å². The number of carbonyl (C=O) groups is 5. The third-order valence-electron chi connectivity index (χ3n) is 5.07. The molecule has 198 valence electrons. The van der Waals surface area contributed by atoms with Crippen LogP contribution in [0.3, 0.4) is 0 Å². The van der Waals surface area contributed by atoms with Gasteiger partial charge in [0.15, 0.2) is 0 Å². The van der Waals surface area contributed by atoms with Gasteiger partial charge in [0.1, 0.15) is 23.9 Å². The highest BCUT2D eigenvalue weighted by atomic mass is 35.5. The predicted octanol–water partition coefficient (Wildman–Crippen LogP) is -0.154. The lowest BCUT2D eigenvalue weighted by atomic mass is 10.1. The lowest BCUT2D eigenvalue weighted by Crippen LogP contribution is -2.52. The number of rotatable bonds is 15. The van der Waals surface area contributed by atoms with Gasteiger partial charge in [-0.05, 0) is 57.4 Å². The van der Waals surface area contributed by atoms with Crippen LogP contribution in [0.5, 0.6) is 0 Å². The molecule has 0 saturated heterocycles. The van der Waals surface area contributed by atoms with Crippen molar-refractivity contribution >= 4 is 47.2 Å². The van der Waals surface area contributed by atoms with Crippen molar-refractivity contribution in [3.63, 3.8) is 0 Å². The molecule has 0 radical (unpaired) electrons. The molecule has 0 heterocycles. The zero-order valence-corrected chi connectivity index (χ0v) is 20.6. The second kappa shape index (κ2) is 15.5. The summed E-state index contributed by atoms with van der Waals surface area (Å²) < 4.78 is 13.8. The van der Waals surface area contributed by atoms with Gasteiger partial charge >= 0.3 is 0 Å². The van der Waals surface area contributed by atoms with Gasteiger partial charge < -0.3 is 33.2 Å². The minimum Gasteiger partial charge on any atom is -0.368 e. The van der Waals surface area contributed by atoms with Gasteiger partial charge in [0.25, 0.3) is 0 Å². The first kappa shape index (κ1) is 30.5. The van der Waals surface area contributed by atoms with Gasteiger partial charge in [-0.25, -0.2) is 4.39 Å². The van der Waals surface area contributed by atoms with Crippen molar-refractivity contribution in [3.8, 4) is 0 Å². The minimum atomic E-state index is -1.20. The van der Waals surface area contributed by atoms with Crippen molar-refractivity contribution in [1.82, 2.24) is 16.0 Å². The molecular formula is C23H32ClFN6O5. The summed E-state index contributed by atoms with van der Waals surface area (Å²) in [6, 6.07) is 0.778. The number of hydrogen-bond acceptors (Lipinski definition) is 6. The summed E-state index contributed by atoms with van der Waals surface area (Å²) in [6.07, 6.45) is 3.48. The van der Waals surface area contributed by atoms with Crippen molar-refractivity contribution < 1.29 is 28.4 Å². The number of benzene rings is 1. The number of amides is 5. The highest BCUT2D eigenvalue weighted by Gasteiger charge is 2.24. The Bertz CT molecular complexity index is 990. The summed E-state index contributed by atoms with van der Waals surface area (Å²) in [6.45, 7) is 1.81. The van der Waals surface area contributed by atoms with Gasteiger partial charge in [0, 0.05) is 23.1 Å². The van der Waals surface area contributed by atoms with Crippen LogP contribution in [0.1, 0.15) is 44.6 Å². The molecule has 0 aromatic heterocycles. The van der Waals surface area contributed by atoms with Crippen LogP contribution >= 0.6 is 11.6 Å². The van der Waals surface area contributed by atoms with Crippen LogP contribution < -0.4 is 33.2 Å². The molecule has 36 heavy (non-hydrogen) atoms. The molecule has 1 aromatic rings. The number of nitrogens with two attached hydrogens (primary N) is 3. The highest BCUT2D eigenvalue weighted by molar-refractivity contribution is 6.30. The maximum Gasteiger partial charge on any atom is 0.244 e. The maximum atomic E-state index is 13.8. The summed E-state index contributed by atoms with van der Waals surface area (Å²) >= 11 is 5.68. The van der Waals surface area contributed by atoms with Crippen molar-refractivity contribution in [2.75, 3.05) is 6.54 Å². The maximum absolute atomic E-state index is 13.8. The van der Waals surface area contributed by atoms with Gasteiger partial charge in [-0.3, -0.25) is 24.0 Å². The van der Waals surface area contributed by atoms with Gasteiger partial charge in [0.05, 0.1) is 0 Å². The Kier molecular flexibility index (Phi) is 13.1. The SMILES string of the molecule is CC(NC(=O)/C=C/c1ccc(Cl)cc1F)C(=O)N[C@@H](CCC(=O)NC(CCCCN)C(N)=O)C(N)=O. The first-order valence-corrected chi connectivity index (χ1v) is 11.6. The van der Waals surface area contributed by atoms with Gasteiger partial charge in [-0.1, -0.05) is 17.7 Å². The molecular weight excluding hydrogens is 495 g/mol. The first-order valence-electron chi connectivity index (χ1n) is 11.3. The van der Waals surface area contributed by atoms with Gasteiger partial charge in [-0.2, -0.15) is 0 Å². The molecule has 0 aliphatic carbocycles. The molecule has 13 heteroatoms. The molecule has 5 amide bonds. The largest absolute Gasteiger partial charge is 0.368 e. The Hall–Kier alpha value is -3.51. The molecule has 2 unspecified atom stereocenters. The van der Waals surface area contributed by atoms with E-state index >= 15 is 0 Å². The summed E-state index contributed by atoms with van der Waals surface area (Å²) in [7, 11) is 0. The Morgan fingerprint density at radius 2 is 1.64 bits per heavy atom. The number of unbranched alkanes of at least 4 members (excludes halogenated alkanes) is 1. The molecule has 1 rings (SSSR count). The lowest BCUT2D eigenvalue weighted by Gasteiger charge is -2.20. The van der Waals surface area contributed by atoms with E-state index in [1.165, 1.54) is 25.1 Å². The topological polar surface area (TPSA) is 200 Å². The number of primary amides is 2. The number of halogens is 2. The number of nitrogens with one attached hydrogen (secondary N) is 3. The molecule has 0 aliphatic rings. The molecule has 0 aliphatic heterocycles. The second-order valence-corrected chi connectivity index (χ2v) is 8.48. The fourth-order valence-corrected chi connectivity index (χ4v) is 3.19. The highest BCUT2D eigenvalue weighted by Crippen LogP contribution is 2.15. The first-order chi connectivity index (χ1) is 16.9. The third-order valence-corrected chi connectivity index (χ3v) is 5.31. The fourth-order valence-electron chi connectivity index (χ4n) is 3.03. The van der Waals surface area contributed by atoms with E-state index in [-0.39, 0.29) is 23.4 Å². The Labute approximate surface area is 213 Å². The molecule has 0 bridgehead atoms. The Morgan fingerprint density at radius 1 is 1.00 bits per heavy atom. The van der Waals surface area contributed by atoms with E-state index in [0.29, 0.717) is 25.8 Å². The standard InChI is InChI=1S/C23H32ClFN6O5/c1-13(29-19(32)9-6-14-5-7-15(24)12-16(14)25)23(36)31-18(22(28)35)8-10-20(33)30-17(21(27)34)4-2-3-11-26/h5-7,9,12-13,17-18H,2-4,8,10-11,26H2,1H3,(H2,27,34)(H2,28,35)(H,29,32)(H,30,33)(H,31,36)/b9-6+/t13?,17?,18-/m0/s1. The quantitative estimate of drug-likeness (QED) is 0.135. The van der Waals surface area contributed by atoms with Crippen molar-refractivity contribution in [2.45, 2.75) is 57.2 Å². The van der Waals surface area contributed by atoms with Crippen LogP contribution in [0.15, 0.2) is 24.3 Å². The summed E-state index contributed by atoms with van der Waals surface area (Å²) in [5.74, 6) is -4.17. The second-order valence-electron chi connectivity index (χ2n) is 8.04. The molecule has 0 saturated carbocycles. The molecule has 3 atom stereocenters. The summed E-state index contributed by atoms with van der Waals surface area (Å²) in [4.78, 5) is 60.0. The van der Waals surface area contributed by atoms with Crippen LogP contribution in [0.2, 0.25) is 5.02 Å². The van der Waals surface area contributed by atoms with Crippen LogP contribution in [-0.4, -0.2) is 54.2 Å². The van der Waals surface area contributed by atoms with E-state index in [0.717, 1.165) is 12.1 Å². The molecule has 9 N–H and O–H groups in total. The smallest absolute Gasteiger partial charge is 0.244 e. The van der Waals surface area contributed by atoms with E-state index in [4.69, 9.17) is 28.8 Å². The van der Waals surface area contributed by atoms with Crippen LogP contribution in [-0.2, 0) is 24.0 Å². The van der Waals surface area contributed by atoms with Crippen LogP contribution in [0.25, 0.3) is 6.08 Å².